The zero-order chi connectivity index (χ0) is 21.8. The number of nitrogen functional groups attached to an aromatic ring is 1. The maximum absolute atomic E-state index is 12.9. The zero-order valence-corrected chi connectivity index (χ0v) is 17.0. The number of amides is 2. The van der Waals surface area contributed by atoms with Gasteiger partial charge in [0.05, 0.1) is 6.42 Å². The summed E-state index contributed by atoms with van der Waals surface area (Å²) in [5.74, 6) is -1.09. The summed E-state index contributed by atoms with van der Waals surface area (Å²) in [4.78, 5) is 43.5. The first-order valence-electron chi connectivity index (χ1n) is 9.56. The SMILES string of the molecule is CN(CCc1ccnc(N)c1)C(=O)c1ccc2c(c1)N[C@H](CC(=O)O)C(=O)N(C)C2. The number of carbonyl (C=O) groups excluding carboxylic acids is 2. The van der Waals surface area contributed by atoms with Crippen LogP contribution >= 0.6 is 0 Å². The Morgan fingerprint density at radius 1 is 1.33 bits per heavy atom. The van der Waals surface area contributed by atoms with Gasteiger partial charge in [0.25, 0.3) is 5.91 Å². The van der Waals surface area contributed by atoms with Crippen molar-refractivity contribution in [1.82, 2.24) is 14.8 Å². The number of carboxylic acids is 1. The van der Waals surface area contributed by atoms with Gasteiger partial charge in [-0.05, 0) is 41.8 Å². The van der Waals surface area contributed by atoms with Crippen LogP contribution in [-0.2, 0) is 22.6 Å². The number of pyridine rings is 1. The molecule has 3 rings (SSSR count). The van der Waals surface area contributed by atoms with Gasteiger partial charge in [-0.1, -0.05) is 6.07 Å². The van der Waals surface area contributed by atoms with Gasteiger partial charge in [-0.2, -0.15) is 0 Å². The van der Waals surface area contributed by atoms with Crippen molar-refractivity contribution in [3.8, 4) is 0 Å². The van der Waals surface area contributed by atoms with Crippen molar-refractivity contribution in [1.29, 1.82) is 0 Å². The Labute approximate surface area is 174 Å². The number of benzene rings is 1. The third-order valence-electron chi connectivity index (χ3n) is 5.08. The average molecular weight is 411 g/mol. The molecule has 0 unspecified atom stereocenters. The summed E-state index contributed by atoms with van der Waals surface area (Å²) in [7, 11) is 3.35. The molecule has 1 aromatic heterocycles. The molecule has 1 aliphatic rings. The van der Waals surface area contributed by atoms with E-state index in [2.05, 4.69) is 10.3 Å². The predicted octanol–water partition coefficient (Wildman–Crippen LogP) is 1.21. The Bertz CT molecular complexity index is 978. The van der Waals surface area contributed by atoms with Crippen LogP contribution < -0.4 is 11.1 Å². The fourth-order valence-corrected chi connectivity index (χ4v) is 3.41. The first-order chi connectivity index (χ1) is 14.2. The van der Waals surface area contributed by atoms with E-state index in [9.17, 15) is 14.4 Å². The van der Waals surface area contributed by atoms with Crippen LogP contribution in [0.1, 0.15) is 27.9 Å². The number of hydrogen-bond acceptors (Lipinski definition) is 6. The number of nitrogens with zero attached hydrogens (tertiary/aromatic N) is 3. The van der Waals surface area contributed by atoms with Gasteiger partial charge in [-0.25, -0.2) is 4.98 Å². The lowest BCUT2D eigenvalue weighted by Gasteiger charge is -2.19. The maximum Gasteiger partial charge on any atom is 0.305 e. The molecule has 4 N–H and O–H groups in total. The third-order valence-corrected chi connectivity index (χ3v) is 5.08. The van der Waals surface area contributed by atoms with E-state index in [4.69, 9.17) is 10.8 Å². The molecule has 0 radical (unpaired) electrons. The summed E-state index contributed by atoms with van der Waals surface area (Å²) in [6.07, 6.45) is 1.93. The minimum absolute atomic E-state index is 0.166. The highest BCUT2D eigenvalue weighted by Crippen LogP contribution is 2.25. The molecular formula is C21H25N5O4. The molecular weight excluding hydrogens is 386 g/mol. The van der Waals surface area contributed by atoms with E-state index in [1.165, 1.54) is 4.90 Å². The Hall–Kier alpha value is -3.62. The van der Waals surface area contributed by atoms with Crippen molar-refractivity contribution >= 4 is 29.3 Å². The lowest BCUT2D eigenvalue weighted by atomic mass is 10.1. The Kier molecular flexibility index (Phi) is 6.20. The Morgan fingerprint density at radius 2 is 2.10 bits per heavy atom. The molecule has 1 aromatic carbocycles. The fraction of sp³-hybridized carbons (Fsp3) is 0.333. The number of hydrogen-bond donors (Lipinski definition) is 3. The quantitative estimate of drug-likeness (QED) is 0.651. The fourth-order valence-electron chi connectivity index (χ4n) is 3.41. The zero-order valence-electron chi connectivity index (χ0n) is 17.0. The number of carboxylic acid groups (broad SMARTS) is 1. The van der Waals surface area contributed by atoms with Crippen molar-refractivity contribution in [2.24, 2.45) is 0 Å². The molecule has 9 nitrogen and oxygen atoms in total. The molecule has 0 saturated heterocycles. The van der Waals surface area contributed by atoms with Crippen LogP contribution in [0.2, 0.25) is 0 Å². The Morgan fingerprint density at radius 3 is 2.80 bits per heavy atom. The van der Waals surface area contributed by atoms with E-state index in [1.54, 1.807) is 49.5 Å². The van der Waals surface area contributed by atoms with Crippen molar-refractivity contribution in [2.45, 2.75) is 25.4 Å². The number of carbonyl (C=O) groups is 3. The van der Waals surface area contributed by atoms with Crippen molar-refractivity contribution in [3.05, 3.63) is 53.2 Å². The summed E-state index contributed by atoms with van der Waals surface area (Å²) >= 11 is 0. The van der Waals surface area contributed by atoms with E-state index in [0.29, 0.717) is 36.6 Å². The highest BCUT2D eigenvalue weighted by atomic mass is 16.4. The summed E-state index contributed by atoms with van der Waals surface area (Å²) < 4.78 is 0. The highest BCUT2D eigenvalue weighted by molar-refractivity contribution is 5.96. The molecule has 30 heavy (non-hydrogen) atoms. The molecule has 0 fully saturated rings. The van der Waals surface area contributed by atoms with E-state index in [0.717, 1.165) is 11.1 Å². The molecule has 0 aliphatic carbocycles. The second kappa shape index (κ2) is 8.81. The number of nitrogens with two attached hydrogens (primary N) is 1. The van der Waals surface area contributed by atoms with Gasteiger partial charge in [0.1, 0.15) is 11.9 Å². The van der Waals surface area contributed by atoms with E-state index >= 15 is 0 Å². The number of anilines is 2. The molecule has 0 spiro atoms. The molecule has 1 atom stereocenters. The van der Waals surface area contributed by atoms with Gasteiger partial charge in [0, 0.05) is 44.6 Å². The third kappa shape index (κ3) is 4.86. The van der Waals surface area contributed by atoms with Gasteiger partial charge < -0.3 is 26.0 Å². The standard InChI is InChI=1S/C21H25N5O4/c1-25(8-6-13-5-7-23-18(22)9-13)20(29)14-3-4-15-12-26(2)21(30)17(11-19(27)28)24-16(15)10-14/h3-5,7,9-10,17,24H,6,8,11-12H2,1-2H3,(H2,22,23)(H,27,28)/t17-/m1/s1. The Balaban J connectivity index is 1.75. The van der Waals surface area contributed by atoms with Crippen LogP contribution in [0.3, 0.4) is 0 Å². The van der Waals surface area contributed by atoms with E-state index in [1.807, 2.05) is 6.07 Å². The molecule has 0 saturated carbocycles. The van der Waals surface area contributed by atoms with Crippen molar-refractivity contribution in [2.75, 3.05) is 31.7 Å². The van der Waals surface area contributed by atoms with Crippen LogP contribution in [0.5, 0.6) is 0 Å². The molecule has 0 bridgehead atoms. The minimum Gasteiger partial charge on any atom is -0.481 e. The summed E-state index contributed by atoms with van der Waals surface area (Å²) in [5.41, 5.74) is 8.56. The molecule has 1 aliphatic heterocycles. The summed E-state index contributed by atoms with van der Waals surface area (Å²) in [5, 5.41) is 12.1. The number of fused-ring (bicyclic) bond motifs is 1. The van der Waals surface area contributed by atoms with E-state index in [-0.39, 0.29) is 18.2 Å². The number of aliphatic carboxylic acids is 1. The first-order valence-corrected chi connectivity index (χ1v) is 9.56. The normalized spacial score (nSPS) is 15.7. The lowest BCUT2D eigenvalue weighted by molar-refractivity contribution is -0.141. The molecule has 9 heteroatoms. The van der Waals surface area contributed by atoms with Gasteiger partial charge in [-0.3, -0.25) is 14.4 Å². The predicted molar refractivity (Wildman–Crippen MR) is 112 cm³/mol. The molecule has 158 valence electrons. The number of rotatable bonds is 6. The molecule has 2 amide bonds. The minimum atomic E-state index is -1.07. The topological polar surface area (TPSA) is 129 Å². The van der Waals surface area contributed by atoms with Gasteiger partial charge in [0.15, 0.2) is 0 Å². The summed E-state index contributed by atoms with van der Waals surface area (Å²) in [6, 6.07) is 7.95. The van der Waals surface area contributed by atoms with Crippen molar-refractivity contribution in [3.63, 3.8) is 0 Å². The van der Waals surface area contributed by atoms with Crippen LogP contribution in [0.25, 0.3) is 0 Å². The number of likely N-dealkylation sites (N-methyl/N-ethyl adjacent to an activating group) is 2. The van der Waals surface area contributed by atoms with Gasteiger partial charge in [-0.15, -0.1) is 0 Å². The van der Waals surface area contributed by atoms with E-state index < -0.39 is 12.0 Å². The smallest absolute Gasteiger partial charge is 0.305 e. The maximum atomic E-state index is 12.9. The van der Waals surface area contributed by atoms with Gasteiger partial charge in [0.2, 0.25) is 5.91 Å². The van der Waals surface area contributed by atoms with Crippen LogP contribution in [0.15, 0.2) is 36.5 Å². The van der Waals surface area contributed by atoms with Gasteiger partial charge >= 0.3 is 5.97 Å². The van der Waals surface area contributed by atoms with Crippen LogP contribution in [-0.4, -0.2) is 64.4 Å². The highest BCUT2D eigenvalue weighted by Gasteiger charge is 2.29. The first kappa shape index (κ1) is 21.1. The average Bonchev–Trinajstić information content (AvgIpc) is 2.81. The second-order valence-electron chi connectivity index (χ2n) is 7.43. The number of aromatic nitrogens is 1. The second-order valence-corrected chi connectivity index (χ2v) is 7.43. The van der Waals surface area contributed by atoms with Crippen LogP contribution in [0.4, 0.5) is 11.5 Å². The van der Waals surface area contributed by atoms with Crippen molar-refractivity contribution < 1.29 is 19.5 Å². The molecule has 2 aromatic rings. The largest absolute Gasteiger partial charge is 0.481 e. The lowest BCUT2D eigenvalue weighted by Crippen LogP contribution is -2.39. The molecule has 2 heterocycles. The monoisotopic (exact) mass is 411 g/mol. The summed E-state index contributed by atoms with van der Waals surface area (Å²) in [6.45, 7) is 0.834. The number of nitrogens with one attached hydrogen (secondary N) is 1. The van der Waals surface area contributed by atoms with Crippen LogP contribution in [0, 0.1) is 0 Å².